The third-order valence-electron chi connectivity index (χ3n) is 2.52. The summed E-state index contributed by atoms with van der Waals surface area (Å²) in [4.78, 5) is 16.4. The second-order valence-corrected chi connectivity index (χ2v) is 6.52. The van der Waals surface area contributed by atoms with Crippen molar-refractivity contribution in [3.63, 3.8) is 0 Å². The van der Waals surface area contributed by atoms with Crippen LogP contribution in [0, 0.1) is 5.82 Å². The highest BCUT2D eigenvalue weighted by Crippen LogP contribution is 2.29. The number of ether oxygens (including phenoxy) is 1. The number of nitrogens with one attached hydrogen (secondary N) is 1. The maximum absolute atomic E-state index is 14.1. The Balaban J connectivity index is 2.15. The van der Waals surface area contributed by atoms with Crippen LogP contribution in [0.3, 0.4) is 0 Å². The molecule has 2 aromatic rings. The molecule has 21 heavy (non-hydrogen) atoms. The molecule has 2 rings (SSSR count). The Morgan fingerprint density at radius 2 is 2.33 bits per heavy atom. The quantitative estimate of drug-likeness (QED) is 0.761. The van der Waals surface area contributed by atoms with E-state index in [9.17, 15) is 9.18 Å². The lowest BCUT2D eigenvalue weighted by Crippen LogP contribution is -2.07. The largest absolute Gasteiger partial charge is 0.462 e. The topological polar surface area (TPSA) is 51.2 Å². The van der Waals surface area contributed by atoms with E-state index >= 15 is 0 Å². The molecular weight excluding hydrogens is 383 g/mol. The van der Waals surface area contributed by atoms with Crippen LogP contribution in [0.4, 0.5) is 10.1 Å². The molecule has 112 valence electrons. The number of aromatic nitrogens is 1. The molecule has 0 aliphatic rings. The van der Waals surface area contributed by atoms with Gasteiger partial charge in [0, 0.05) is 15.5 Å². The molecule has 8 heteroatoms. The average Bonchev–Trinajstić information content (AvgIpc) is 2.83. The molecule has 0 saturated heterocycles. The van der Waals surface area contributed by atoms with Crippen molar-refractivity contribution in [2.45, 2.75) is 13.5 Å². The molecule has 0 aliphatic heterocycles. The fraction of sp³-hybridized carbons (Fsp3) is 0.231. The Morgan fingerprint density at radius 1 is 1.57 bits per heavy atom. The van der Waals surface area contributed by atoms with E-state index < -0.39 is 11.8 Å². The van der Waals surface area contributed by atoms with Crippen molar-refractivity contribution in [1.29, 1.82) is 0 Å². The van der Waals surface area contributed by atoms with Gasteiger partial charge in [0.25, 0.3) is 0 Å². The lowest BCUT2D eigenvalue weighted by molar-refractivity contribution is 0.0526. The van der Waals surface area contributed by atoms with Gasteiger partial charge in [0.05, 0.1) is 24.4 Å². The van der Waals surface area contributed by atoms with Gasteiger partial charge in [0.15, 0.2) is 4.47 Å². The summed E-state index contributed by atoms with van der Waals surface area (Å²) in [7, 11) is 0. The van der Waals surface area contributed by atoms with Crippen molar-refractivity contribution < 1.29 is 13.9 Å². The Kier molecular flexibility index (Phi) is 5.55. The minimum absolute atomic E-state index is 0.160. The monoisotopic (exact) mass is 392 g/mol. The minimum Gasteiger partial charge on any atom is -0.462 e. The van der Waals surface area contributed by atoms with Crippen LogP contribution in [0.1, 0.15) is 22.2 Å². The predicted molar refractivity (Wildman–Crippen MR) is 84.5 cm³/mol. The van der Waals surface area contributed by atoms with Crippen LogP contribution in [0.2, 0.25) is 4.47 Å². The number of nitrogens with zero attached hydrogens (tertiary/aromatic N) is 1. The van der Waals surface area contributed by atoms with Crippen molar-refractivity contribution in [1.82, 2.24) is 4.98 Å². The number of hydrogen-bond donors (Lipinski definition) is 1. The number of rotatable bonds is 5. The van der Waals surface area contributed by atoms with E-state index in [0.717, 1.165) is 10.9 Å². The zero-order valence-corrected chi connectivity index (χ0v) is 14.1. The number of thiazole rings is 1. The predicted octanol–water partition coefficient (Wildman–Crippen LogP) is 4.49. The van der Waals surface area contributed by atoms with Crippen molar-refractivity contribution in [3.8, 4) is 0 Å². The number of anilines is 1. The van der Waals surface area contributed by atoms with Gasteiger partial charge in [0.1, 0.15) is 5.82 Å². The van der Waals surface area contributed by atoms with Crippen LogP contribution < -0.4 is 5.32 Å². The molecule has 1 aromatic carbocycles. The molecule has 1 aromatic heterocycles. The lowest BCUT2D eigenvalue weighted by Gasteiger charge is -2.10. The standard InChI is InChI=1S/C13H11BrClFN2O2S/c1-2-20-12(19)7-3-9(14)11(10(16)4-7)17-5-8-6-18-13(15)21-8/h3-4,6,17H,2,5H2,1H3. The minimum atomic E-state index is -0.558. The fourth-order valence-electron chi connectivity index (χ4n) is 1.62. The van der Waals surface area contributed by atoms with Crippen LogP contribution in [0.25, 0.3) is 0 Å². The molecular formula is C13H11BrClFN2O2S. The first-order valence-corrected chi connectivity index (χ1v) is 8.00. The first-order valence-electron chi connectivity index (χ1n) is 6.01. The molecule has 0 unspecified atom stereocenters. The number of hydrogen-bond acceptors (Lipinski definition) is 5. The van der Waals surface area contributed by atoms with Gasteiger partial charge < -0.3 is 10.1 Å². The summed E-state index contributed by atoms with van der Waals surface area (Å²) in [5, 5.41) is 2.95. The summed E-state index contributed by atoms with van der Waals surface area (Å²) in [6, 6.07) is 2.66. The molecule has 0 amide bonds. The lowest BCUT2D eigenvalue weighted by atomic mass is 10.2. The molecule has 4 nitrogen and oxygen atoms in total. The van der Waals surface area contributed by atoms with Crippen LogP contribution in [-0.2, 0) is 11.3 Å². The molecule has 1 heterocycles. The molecule has 0 radical (unpaired) electrons. The summed E-state index contributed by atoms with van der Waals surface area (Å²) >= 11 is 10.3. The number of benzene rings is 1. The Bertz CT molecular complexity index is 642. The molecule has 0 spiro atoms. The van der Waals surface area contributed by atoms with Gasteiger partial charge >= 0.3 is 5.97 Å². The molecule has 0 saturated carbocycles. The van der Waals surface area contributed by atoms with Gasteiger partial charge in [0.2, 0.25) is 0 Å². The van der Waals surface area contributed by atoms with Crippen molar-refractivity contribution in [3.05, 3.63) is 43.5 Å². The maximum Gasteiger partial charge on any atom is 0.338 e. The summed E-state index contributed by atoms with van der Waals surface area (Å²) in [5.74, 6) is -1.10. The van der Waals surface area contributed by atoms with E-state index in [0.29, 0.717) is 15.5 Å². The molecule has 0 fully saturated rings. The average molecular weight is 394 g/mol. The molecule has 1 N–H and O–H groups in total. The number of carbonyl (C=O) groups is 1. The second-order valence-electron chi connectivity index (χ2n) is 3.97. The Morgan fingerprint density at radius 3 is 2.90 bits per heavy atom. The molecule has 0 aliphatic carbocycles. The summed E-state index contributed by atoms with van der Waals surface area (Å²) in [6.45, 7) is 2.32. The highest BCUT2D eigenvalue weighted by molar-refractivity contribution is 9.10. The van der Waals surface area contributed by atoms with E-state index in [4.69, 9.17) is 16.3 Å². The van der Waals surface area contributed by atoms with Gasteiger partial charge in [-0.3, -0.25) is 0 Å². The third kappa shape index (κ3) is 4.15. The second kappa shape index (κ2) is 7.20. The zero-order chi connectivity index (χ0) is 15.4. The van der Waals surface area contributed by atoms with E-state index in [1.54, 1.807) is 13.1 Å². The zero-order valence-electron chi connectivity index (χ0n) is 11.0. The van der Waals surface area contributed by atoms with Crippen molar-refractivity contribution in [2.75, 3.05) is 11.9 Å². The Labute approximate surface area is 138 Å². The maximum atomic E-state index is 14.1. The van der Waals surface area contributed by atoms with Crippen molar-refractivity contribution >= 4 is 50.5 Å². The molecule has 0 atom stereocenters. The summed E-state index contributed by atoms with van der Waals surface area (Å²) in [6.07, 6.45) is 1.62. The van der Waals surface area contributed by atoms with Gasteiger partial charge in [-0.1, -0.05) is 11.6 Å². The third-order valence-corrected chi connectivity index (χ3v) is 4.26. The van der Waals surface area contributed by atoms with Crippen LogP contribution in [0.15, 0.2) is 22.8 Å². The van der Waals surface area contributed by atoms with E-state index in [-0.39, 0.29) is 17.9 Å². The van der Waals surface area contributed by atoms with Gasteiger partial charge in [-0.15, -0.1) is 11.3 Å². The SMILES string of the molecule is CCOC(=O)c1cc(F)c(NCc2cnc(Cl)s2)c(Br)c1. The first kappa shape index (κ1) is 16.2. The summed E-state index contributed by atoms with van der Waals surface area (Å²) < 4.78 is 19.8. The number of carbonyl (C=O) groups excluding carboxylic acids is 1. The number of halogens is 3. The normalized spacial score (nSPS) is 10.5. The Hall–Kier alpha value is -1.18. The molecule has 0 bridgehead atoms. The van der Waals surface area contributed by atoms with Crippen LogP contribution in [-0.4, -0.2) is 17.6 Å². The smallest absolute Gasteiger partial charge is 0.338 e. The van der Waals surface area contributed by atoms with Crippen LogP contribution >= 0.6 is 38.9 Å². The van der Waals surface area contributed by atoms with Gasteiger partial charge in [-0.25, -0.2) is 14.2 Å². The van der Waals surface area contributed by atoms with Crippen molar-refractivity contribution in [2.24, 2.45) is 0 Å². The number of esters is 1. The first-order chi connectivity index (χ1) is 10.0. The van der Waals surface area contributed by atoms with Crippen LogP contribution in [0.5, 0.6) is 0 Å². The van der Waals surface area contributed by atoms with E-state index in [2.05, 4.69) is 26.2 Å². The highest BCUT2D eigenvalue weighted by Gasteiger charge is 2.14. The highest BCUT2D eigenvalue weighted by atomic mass is 79.9. The van der Waals surface area contributed by atoms with E-state index in [1.165, 1.54) is 17.4 Å². The van der Waals surface area contributed by atoms with Gasteiger partial charge in [-0.05, 0) is 35.0 Å². The fourth-order valence-corrected chi connectivity index (χ4v) is 3.11. The van der Waals surface area contributed by atoms with Gasteiger partial charge in [-0.2, -0.15) is 0 Å². The summed E-state index contributed by atoms with van der Waals surface area (Å²) in [5.41, 5.74) is 0.431. The van der Waals surface area contributed by atoms with E-state index in [1.807, 2.05) is 0 Å².